The third-order valence-corrected chi connectivity index (χ3v) is 5.70. The first kappa shape index (κ1) is 15.0. The Kier molecular flexibility index (Phi) is 4.31. The lowest BCUT2D eigenvalue weighted by atomic mass is 9.91. The van der Waals surface area contributed by atoms with Gasteiger partial charge in [0.15, 0.2) is 0 Å². The summed E-state index contributed by atoms with van der Waals surface area (Å²) in [6.45, 7) is 0.143. The van der Waals surface area contributed by atoms with Crippen LogP contribution in [0.1, 0.15) is 39.3 Å². The highest BCUT2D eigenvalue weighted by molar-refractivity contribution is 7.12. The molecule has 5 heteroatoms. The van der Waals surface area contributed by atoms with E-state index >= 15 is 0 Å². The van der Waals surface area contributed by atoms with E-state index in [0.29, 0.717) is 10.6 Å². The number of thiophene rings is 1. The molecule has 0 radical (unpaired) electrons. The SMILES string of the molecule is NCC(c1c(F)cccc1Cl)C(O)c1cc2c(s1)CCC2. The van der Waals surface area contributed by atoms with Crippen molar-refractivity contribution in [2.75, 3.05) is 6.54 Å². The van der Waals surface area contributed by atoms with Crippen molar-refractivity contribution in [1.29, 1.82) is 0 Å². The second-order valence-electron chi connectivity index (χ2n) is 5.37. The van der Waals surface area contributed by atoms with Crippen molar-refractivity contribution in [2.45, 2.75) is 31.3 Å². The molecule has 112 valence electrons. The maximum Gasteiger partial charge on any atom is 0.128 e. The van der Waals surface area contributed by atoms with E-state index in [-0.39, 0.29) is 6.54 Å². The summed E-state index contributed by atoms with van der Waals surface area (Å²) in [4.78, 5) is 2.19. The highest BCUT2D eigenvalue weighted by Gasteiger charge is 2.29. The number of hydrogen-bond acceptors (Lipinski definition) is 3. The van der Waals surface area contributed by atoms with Gasteiger partial charge >= 0.3 is 0 Å². The van der Waals surface area contributed by atoms with Crippen LogP contribution in [0.4, 0.5) is 4.39 Å². The van der Waals surface area contributed by atoms with E-state index in [4.69, 9.17) is 17.3 Å². The number of fused-ring (bicyclic) bond motifs is 1. The molecule has 0 aliphatic heterocycles. The summed E-state index contributed by atoms with van der Waals surface area (Å²) >= 11 is 7.72. The predicted molar refractivity (Wildman–Crippen MR) is 84.5 cm³/mol. The molecule has 1 aromatic carbocycles. The van der Waals surface area contributed by atoms with Gasteiger partial charge in [-0.15, -0.1) is 11.3 Å². The van der Waals surface area contributed by atoms with Crippen molar-refractivity contribution in [3.05, 3.63) is 56.0 Å². The van der Waals surface area contributed by atoms with Gasteiger partial charge in [-0.05, 0) is 43.0 Å². The molecule has 2 aromatic rings. The lowest BCUT2D eigenvalue weighted by Gasteiger charge is -2.22. The molecule has 2 nitrogen and oxygen atoms in total. The van der Waals surface area contributed by atoms with Crippen molar-refractivity contribution in [1.82, 2.24) is 0 Å². The highest BCUT2D eigenvalue weighted by atomic mass is 35.5. The summed E-state index contributed by atoms with van der Waals surface area (Å²) in [5.41, 5.74) is 7.41. The van der Waals surface area contributed by atoms with Crippen LogP contribution in [-0.4, -0.2) is 11.7 Å². The van der Waals surface area contributed by atoms with Gasteiger partial charge in [-0.1, -0.05) is 17.7 Å². The molecular formula is C16H17ClFNOS. The van der Waals surface area contributed by atoms with E-state index in [1.54, 1.807) is 23.5 Å². The minimum absolute atomic E-state index is 0.143. The van der Waals surface area contributed by atoms with Gasteiger partial charge in [0.05, 0.1) is 6.10 Å². The number of hydrogen-bond donors (Lipinski definition) is 2. The largest absolute Gasteiger partial charge is 0.387 e. The predicted octanol–water partition coefficient (Wildman–Crippen LogP) is 3.81. The van der Waals surface area contributed by atoms with Crippen molar-refractivity contribution < 1.29 is 9.50 Å². The molecule has 1 aliphatic rings. The third kappa shape index (κ3) is 2.73. The smallest absolute Gasteiger partial charge is 0.128 e. The Morgan fingerprint density at radius 3 is 2.86 bits per heavy atom. The Morgan fingerprint density at radius 1 is 1.38 bits per heavy atom. The number of rotatable bonds is 4. The van der Waals surface area contributed by atoms with Gasteiger partial charge in [-0.3, -0.25) is 0 Å². The second-order valence-corrected chi connectivity index (χ2v) is 6.95. The van der Waals surface area contributed by atoms with E-state index in [1.165, 1.54) is 22.9 Å². The first-order chi connectivity index (χ1) is 10.1. The van der Waals surface area contributed by atoms with Crippen LogP contribution in [0.2, 0.25) is 5.02 Å². The van der Waals surface area contributed by atoms with Crippen LogP contribution in [-0.2, 0) is 12.8 Å². The van der Waals surface area contributed by atoms with Crippen molar-refractivity contribution in [2.24, 2.45) is 5.73 Å². The minimum Gasteiger partial charge on any atom is -0.387 e. The zero-order chi connectivity index (χ0) is 15.0. The summed E-state index contributed by atoms with van der Waals surface area (Å²) in [5.74, 6) is -0.946. The van der Waals surface area contributed by atoms with E-state index < -0.39 is 17.8 Å². The van der Waals surface area contributed by atoms with Crippen molar-refractivity contribution in [3.63, 3.8) is 0 Å². The van der Waals surface area contributed by atoms with E-state index in [0.717, 1.165) is 17.7 Å². The average molecular weight is 326 g/mol. The maximum atomic E-state index is 14.1. The molecule has 0 amide bonds. The molecule has 3 N–H and O–H groups in total. The Balaban J connectivity index is 1.95. The molecule has 0 saturated heterocycles. The molecule has 2 unspecified atom stereocenters. The van der Waals surface area contributed by atoms with Crippen LogP contribution >= 0.6 is 22.9 Å². The fraction of sp³-hybridized carbons (Fsp3) is 0.375. The molecule has 1 heterocycles. The third-order valence-electron chi connectivity index (χ3n) is 4.06. The molecule has 0 saturated carbocycles. The highest BCUT2D eigenvalue weighted by Crippen LogP contribution is 2.41. The van der Waals surface area contributed by atoms with Crippen LogP contribution in [0, 0.1) is 5.82 Å². The van der Waals surface area contributed by atoms with Gasteiger partial charge in [0.2, 0.25) is 0 Å². The molecule has 1 aliphatic carbocycles. The zero-order valence-electron chi connectivity index (χ0n) is 11.5. The summed E-state index contributed by atoms with van der Waals surface area (Å²) in [6.07, 6.45) is 2.49. The maximum absolute atomic E-state index is 14.1. The van der Waals surface area contributed by atoms with Crippen LogP contribution in [0.5, 0.6) is 0 Å². The number of aryl methyl sites for hydroxylation is 2. The molecule has 21 heavy (non-hydrogen) atoms. The summed E-state index contributed by atoms with van der Waals surface area (Å²) in [5, 5.41) is 11.0. The van der Waals surface area contributed by atoms with Crippen LogP contribution in [0.15, 0.2) is 24.3 Å². The quantitative estimate of drug-likeness (QED) is 0.898. The number of benzene rings is 1. The second kappa shape index (κ2) is 6.05. The molecule has 0 bridgehead atoms. The lowest BCUT2D eigenvalue weighted by Crippen LogP contribution is -2.21. The lowest BCUT2D eigenvalue weighted by molar-refractivity contribution is 0.149. The Labute approximate surface area is 132 Å². The Hall–Kier alpha value is -0.940. The monoisotopic (exact) mass is 325 g/mol. The summed E-state index contributed by atoms with van der Waals surface area (Å²) in [7, 11) is 0. The number of halogens is 2. The Bertz CT molecular complexity index is 616. The van der Waals surface area contributed by atoms with Gasteiger partial charge in [0.1, 0.15) is 5.82 Å². The van der Waals surface area contributed by atoms with Crippen LogP contribution < -0.4 is 5.73 Å². The standard InChI is InChI=1S/C16H17ClFNOS/c17-11-4-2-5-12(18)15(11)10(8-19)16(20)14-7-9-3-1-6-13(9)21-14/h2,4-5,7,10,16,20H,1,3,6,8,19H2. The van der Waals surface area contributed by atoms with Gasteiger partial charge in [0.25, 0.3) is 0 Å². The molecule has 0 spiro atoms. The topological polar surface area (TPSA) is 46.2 Å². The molecular weight excluding hydrogens is 309 g/mol. The number of nitrogens with two attached hydrogens (primary N) is 1. The first-order valence-electron chi connectivity index (χ1n) is 7.05. The molecule has 2 atom stereocenters. The average Bonchev–Trinajstić information content (AvgIpc) is 3.03. The van der Waals surface area contributed by atoms with Crippen LogP contribution in [0.25, 0.3) is 0 Å². The normalized spacial score (nSPS) is 16.8. The molecule has 3 rings (SSSR count). The van der Waals surface area contributed by atoms with Gasteiger partial charge in [-0.2, -0.15) is 0 Å². The van der Waals surface area contributed by atoms with E-state index in [2.05, 4.69) is 0 Å². The molecule has 0 fully saturated rings. The Morgan fingerprint density at radius 2 is 2.19 bits per heavy atom. The minimum atomic E-state index is -0.819. The van der Waals surface area contributed by atoms with Crippen molar-refractivity contribution >= 4 is 22.9 Å². The van der Waals surface area contributed by atoms with Gasteiger partial charge < -0.3 is 10.8 Å². The number of aliphatic hydroxyl groups excluding tert-OH is 1. The van der Waals surface area contributed by atoms with Gasteiger partial charge in [0, 0.05) is 32.8 Å². The summed E-state index contributed by atoms with van der Waals surface area (Å²) < 4.78 is 14.1. The van der Waals surface area contributed by atoms with E-state index in [9.17, 15) is 9.50 Å². The molecule has 1 aromatic heterocycles. The summed E-state index contributed by atoms with van der Waals surface area (Å²) in [6, 6.07) is 6.57. The van der Waals surface area contributed by atoms with E-state index in [1.807, 2.05) is 6.07 Å². The fourth-order valence-corrected chi connectivity index (χ4v) is 4.58. The first-order valence-corrected chi connectivity index (χ1v) is 8.24. The fourth-order valence-electron chi connectivity index (χ4n) is 2.97. The van der Waals surface area contributed by atoms with Gasteiger partial charge in [-0.25, -0.2) is 4.39 Å². The zero-order valence-corrected chi connectivity index (χ0v) is 13.1. The van der Waals surface area contributed by atoms with Crippen LogP contribution in [0.3, 0.4) is 0 Å². The number of aliphatic hydroxyl groups is 1. The van der Waals surface area contributed by atoms with Crippen molar-refractivity contribution in [3.8, 4) is 0 Å².